The fourth-order valence-corrected chi connectivity index (χ4v) is 2.52. The van der Waals surface area contributed by atoms with Gasteiger partial charge < -0.3 is 15.4 Å². The molecule has 1 aromatic carbocycles. The third-order valence-corrected chi connectivity index (χ3v) is 3.49. The van der Waals surface area contributed by atoms with E-state index >= 15 is 0 Å². The highest BCUT2D eigenvalue weighted by atomic mass is 35.5. The Balaban J connectivity index is 1.83. The van der Waals surface area contributed by atoms with Gasteiger partial charge in [0.25, 0.3) is 5.56 Å². The Labute approximate surface area is 129 Å². The van der Waals surface area contributed by atoms with E-state index < -0.39 is 5.56 Å². The molecule has 1 heterocycles. The molecule has 6 nitrogen and oxygen atoms in total. The van der Waals surface area contributed by atoms with Crippen LogP contribution >= 0.6 is 23.4 Å². The molecule has 0 saturated carbocycles. The average Bonchev–Trinajstić information content (AvgIpc) is 2.37. The molecule has 1 amide bonds. The Bertz CT molecular complexity index is 705. The lowest BCUT2D eigenvalue weighted by atomic mass is 10.3. The van der Waals surface area contributed by atoms with E-state index in [1.807, 2.05) is 0 Å². The number of rotatable bonds is 5. The number of aromatic nitrogens is 2. The van der Waals surface area contributed by atoms with Crippen LogP contribution in [0.2, 0.25) is 5.02 Å². The number of anilines is 1. The summed E-state index contributed by atoms with van der Waals surface area (Å²) in [4.78, 5) is 29.1. The van der Waals surface area contributed by atoms with Gasteiger partial charge in [-0.1, -0.05) is 29.4 Å². The minimum Gasteiger partial charge on any atom is -0.493 e. The maximum Gasteiger partial charge on any atom is 0.255 e. The molecule has 8 heteroatoms. The fourth-order valence-electron chi connectivity index (χ4n) is 1.52. The number of hydrogen-bond donors (Lipinski definition) is 3. The number of nitrogens with zero attached hydrogens (tertiary/aromatic N) is 1. The summed E-state index contributed by atoms with van der Waals surface area (Å²) in [6, 6.07) is 7.84. The van der Waals surface area contributed by atoms with Gasteiger partial charge in [0, 0.05) is 22.9 Å². The Hall–Kier alpha value is -1.99. The van der Waals surface area contributed by atoms with Crippen LogP contribution in [0.15, 0.2) is 40.3 Å². The van der Waals surface area contributed by atoms with E-state index in [1.165, 1.54) is 11.8 Å². The molecule has 110 valence electrons. The molecule has 0 aliphatic carbocycles. The number of aromatic hydroxyl groups is 1. The molecule has 3 N–H and O–H groups in total. The van der Waals surface area contributed by atoms with Crippen LogP contribution in [0.4, 0.5) is 5.69 Å². The number of thioether (sulfide) groups is 1. The molecular weight excluding hydrogens is 314 g/mol. The van der Waals surface area contributed by atoms with Gasteiger partial charge in [0.05, 0.1) is 6.07 Å². The molecule has 0 unspecified atom stereocenters. The fraction of sp³-hybridized carbons (Fsp3) is 0.154. The highest BCUT2D eigenvalue weighted by Gasteiger charge is 2.05. The van der Waals surface area contributed by atoms with Crippen LogP contribution in [-0.4, -0.2) is 26.7 Å². The standard InChI is InChI=1S/C13H12ClN3O3S/c14-8-2-1-3-9(6-8)15-10(18)4-5-21-13-16-11(19)7-12(20)17-13/h1-3,6-7H,4-5H2,(H,15,18)(H2,16,17,19,20). The minimum atomic E-state index is -0.437. The molecule has 0 saturated heterocycles. The van der Waals surface area contributed by atoms with E-state index in [1.54, 1.807) is 24.3 Å². The molecule has 21 heavy (non-hydrogen) atoms. The summed E-state index contributed by atoms with van der Waals surface area (Å²) in [5.74, 6) is -0.101. The first-order chi connectivity index (χ1) is 10.0. The van der Waals surface area contributed by atoms with Gasteiger partial charge in [-0.2, -0.15) is 4.98 Å². The monoisotopic (exact) mass is 325 g/mol. The van der Waals surface area contributed by atoms with Gasteiger partial charge in [0.1, 0.15) is 0 Å². The smallest absolute Gasteiger partial charge is 0.255 e. The molecule has 0 atom stereocenters. The SMILES string of the molecule is O=C(CCSc1nc(O)cc(=O)[nH]1)Nc1cccc(Cl)c1. The van der Waals surface area contributed by atoms with E-state index in [9.17, 15) is 14.7 Å². The van der Waals surface area contributed by atoms with Crippen LogP contribution in [0.25, 0.3) is 0 Å². The lowest BCUT2D eigenvalue weighted by Crippen LogP contribution is -2.12. The summed E-state index contributed by atoms with van der Waals surface area (Å²) in [6.45, 7) is 0. The third-order valence-electron chi connectivity index (χ3n) is 2.38. The quantitative estimate of drug-likeness (QED) is 0.579. The van der Waals surface area contributed by atoms with Crippen molar-refractivity contribution in [3.63, 3.8) is 0 Å². The summed E-state index contributed by atoms with van der Waals surface area (Å²) >= 11 is 7.00. The molecule has 2 rings (SSSR count). The Kier molecular flexibility index (Phi) is 5.24. The lowest BCUT2D eigenvalue weighted by Gasteiger charge is -2.05. The van der Waals surface area contributed by atoms with Crippen molar-refractivity contribution in [3.05, 3.63) is 45.7 Å². The predicted molar refractivity (Wildman–Crippen MR) is 81.9 cm³/mol. The molecule has 0 fully saturated rings. The predicted octanol–water partition coefficient (Wildman–Crippen LogP) is 2.25. The van der Waals surface area contributed by atoms with Crippen molar-refractivity contribution in [1.29, 1.82) is 0 Å². The normalized spacial score (nSPS) is 10.3. The summed E-state index contributed by atoms with van der Waals surface area (Å²) < 4.78 is 0. The Morgan fingerprint density at radius 2 is 2.24 bits per heavy atom. The number of nitrogens with one attached hydrogen (secondary N) is 2. The highest BCUT2D eigenvalue weighted by molar-refractivity contribution is 7.99. The van der Waals surface area contributed by atoms with Crippen LogP contribution in [0, 0.1) is 0 Å². The Morgan fingerprint density at radius 1 is 1.43 bits per heavy atom. The first kappa shape index (κ1) is 15.4. The van der Waals surface area contributed by atoms with Crippen molar-refractivity contribution in [1.82, 2.24) is 9.97 Å². The second-order valence-electron chi connectivity index (χ2n) is 4.07. The van der Waals surface area contributed by atoms with Gasteiger partial charge in [-0.15, -0.1) is 0 Å². The van der Waals surface area contributed by atoms with Crippen LogP contribution in [-0.2, 0) is 4.79 Å². The third kappa shape index (κ3) is 5.13. The zero-order valence-corrected chi connectivity index (χ0v) is 12.4. The van der Waals surface area contributed by atoms with Crippen molar-refractivity contribution in [2.45, 2.75) is 11.6 Å². The van der Waals surface area contributed by atoms with Gasteiger partial charge >= 0.3 is 0 Å². The number of H-pyrrole nitrogens is 1. The number of amides is 1. The van der Waals surface area contributed by atoms with Gasteiger partial charge in [-0.25, -0.2) is 0 Å². The maximum atomic E-state index is 11.7. The topological polar surface area (TPSA) is 95.1 Å². The van der Waals surface area contributed by atoms with Crippen LogP contribution in [0.1, 0.15) is 6.42 Å². The minimum absolute atomic E-state index is 0.174. The van der Waals surface area contributed by atoms with Crippen molar-refractivity contribution in [2.75, 3.05) is 11.1 Å². The number of aromatic amines is 1. The van der Waals surface area contributed by atoms with Crippen LogP contribution in [0.5, 0.6) is 5.88 Å². The summed E-state index contributed by atoms with van der Waals surface area (Å²) in [5.41, 5.74) is 0.190. The zero-order valence-electron chi connectivity index (χ0n) is 10.8. The number of carbonyl (C=O) groups excluding carboxylic acids is 1. The van der Waals surface area contributed by atoms with E-state index in [2.05, 4.69) is 15.3 Å². The number of halogens is 1. The molecular formula is C13H12ClN3O3S. The number of hydrogen-bond acceptors (Lipinski definition) is 5. The molecule has 2 aromatic rings. The van der Waals surface area contributed by atoms with Gasteiger partial charge in [0.2, 0.25) is 11.8 Å². The van der Waals surface area contributed by atoms with E-state index in [-0.39, 0.29) is 23.4 Å². The average molecular weight is 326 g/mol. The summed E-state index contributed by atoms with van der Waals surface area (Å²) in [6.07, 6.45) is 0.233. The highest BCUT2D eigenvalue weighted by Crippen LogP contribution is 2.17. The van der Waals surface area contributed by atoms with Crippen LogP contribution < -0.4 is 10.9 Å². The first-order valence-electron chi connectivity index (χ1n) is 6.01. The van der Waals surface area contributed by atoms with Crippen LogP contribution in [0.3, 0.4) is 0 Å². The van der Waals surface area contributed by atoms with E-state index in [4.69, 9.17) is 11.6 Å². The first-order valence-corrected chi connectivity index (χ1v) is 7.38. The second kappa shape index (κ2) is 7.14. The molecule has 0 aliphatic rings. The Morgan fingerprint density at radius 3 is 2.95 bits per heavy atom. The van der Waals surface area contributed by atoms with Crippen molar-refractivity contribution < 1.29 is 9.90 Å². The van der Waals surface area contributed by atoms with Gasteiger partial charge in [-0.05, 0) is 18.2 Å². The van der Waals surface area contributed by atoms with Gasteiger partial charge in [-0.3, -0.25) is 9.59 Å². The molecule has 0 spiro atoms. The lowest BCUT2D eigenvalue weighted by molar-refractivity contribution is -0.115. The van der Waals surface area contributed by atoms with E-state index in [0.29, 0.717) is 16.5 Å². The van der Waals surface area contributed by atoms with Gasteiger partial charge in [0.15, 0.2) is 5.16 Å². The van der Waals surface area contributed by atoms with Crippen molar-refractivity contribution in [3.8, 4) is 5.88 Å². The molecule has 0 aliphatic heterocycles. The molecule has 0 radical (unpaired) electrons. The largest absolute Gasteiger partial charge is 0.493 e. The summed E-state index contributed by atoms with van der Waals surface area (Å²) in [5, 5.41) is 12.7. The van der Waals surface area contributed by atoms with E-state index in [0.717, 1.165) is 6.07 Å². The molecule has 1 aromatic heterocycles. The maximum absolute atomic E-state index is 11.7. The number of benzene rings is 1. The zero-order chi connectivity index (χ0) is 15.2. The summed E-state index contributed by atoms with van der Waals surface area (Å²) in [7, 11) is 0. The molecule has 0 bridgehead atoms. The second-order valence-corrected chi connectivity index (χ2v) is 5.59. The van der Waals surface area contributed by atoms with Crippen molar-refractivity contribution >= 4 is 35.0 Å². The number of carbonyl (C=O) groups is 1. The van der Waals surface area contributed by atoms with Crippen molar-refractivity contribution in [2.24, 2.45) is 0 Å².